The molecule has 2 saturated heterocycles. The molecule has 30 heavy (non-hydrogen) atoms. The van der Waals surface area contributed by atoms with Crippen LogP contribution in [-0.4, -0.2) is 60.6 Å². The maximum absolute atomic E-state index is 13.2. The highest BCUT2D eigenvalue weighted by atomic mass is 19.1. The SMILES string of the molecule is Cc1cccc(N2CCN(CN3C(=O)[C@H](C)N(c4ccc(F)cc4)C3=O)CC2)c1C. The quantitative estimate of drug-likeness (QED) is 0.725. The van der Waals surface area contributed by atoms with Crippen LogP contribution in [0, 0.1) is 19.7 Å². The Kier molecular flexibility index (Phi) is 5.47. The summed E-state index contributed by atoms with van der Waals surface area (Å²) in [4.78, 5) is 33.0. The fourth-order valence-electron chi connectivity index (χ4n) is 4.20. The lowest BCUT2D eigenvalue weighted by Crippen LogP contribution is -2.51. The molecule has 3 amide bonds. The predicted molar refractivity (Wildman–Crippen MR) is 115 cm³/mol. The van der Waals surface area contributed by atoms with E-state index in [4.69, 9.17) is 0 Å². The van der Waals surface area contributed by atoms with Gasteiger partial charge in [0.25, 0.3) is 5.91 Å². The second-order valence-electron chi connectivity index (χ2n) is 8.04. The van der Waals surface area contributed by atoms with Crippen molar-refractivity contribution in [2.24, 2.45) is 0 Å². The summed E-state index contributed by atoms with van der Waals surface area (Å²) in [5, 5.41) is 0. The smallest absolute Gasteiger partial charge is 0.333 e. The van der Waals surface area contributed by atoms with Gasteiger partial charge < -0.3 is 4.90 Å². The fourth-order valence-corrected chi connectivity index (χ4v) is 4.20. The number of hydrogen-bond donors (Lipinski definition) is 0. The van der Waals surface area contributed by atoms with Crippen molar-refractivity contribution in [3.05, 3.63) is 59.4 Å². The second kappa shape index (κ2) is 8.07. The molecule has 7 heteroatoms. The van der Waals surface area contributed by atoms with E-state index >= 15 is 0 Å². The molecule has 0 aromatic heterocycles. The van der Waals surface area contributed by atoms with Gasteiger partial charge >= 0.3 is 6.03 Å². The molecule has 2 aromatic rings. The molecule has 4 rings (SSSR count). The molecule has 0 spiro atoms. The van der Waals surface area contributed by atoms with Crippen molar-refractivity contribution < 1.29 is 14.0 Å². The average Bonchev–Trinajstić information content (AvgIpc) is 2.95. The molecule has 0 saturated carbocycles. The van der Waals surface area contributed by atoms with E-state index in [0.717, 1.165) is 26.2 Å². The number of urea groups is 1. The summed E-state index contributed by atoms with van der Waals surface area (Å²) >= 11 is 0. The molecule has 0 unspecified atom stereocenters. The maximum atomic E-state index is 13.2. The lowest BCUT2D eigenvalue weighted by atomic mass is 10.1. The molecule has 158 valence electrons. The van der Waals surface area contributed by atoms with Crippen molar-refractivity contribution in [2.45, 2.75) is 26.8 Å². The van der Waals surface area contributed by atoms with Crippen molar-refractivity contribution in [1.29, 1.82) is 0 Å². The van der Waals surface area contributed by atoms with Crippen molar-refractivity contribution in [3.63, 3.8) is 0 Å². The van der Waals surface area contributed by atoms with Crippen molar-refractivity contribution in [3.8, 4) is 0 Å². The molecule has 2 fully saturated rings. The number of rotatable bonds is 4. The Balaban J connectivity index is 1.41. The highest BCUT2D eigenvalue weighted by Gasteiger charge is 2.44. The highest BCUT2D eigenvalue weighted by Crippen LogP contribution is 2.27. The van der Waals surface area contributed by atoms with Gasteiger partial charge in [0.2, 0.25) is 0 Å². The maximum Gasteiger partial charge on any atom is 0.333 e. The minimum absolute atomic E-state index is 0.221. The van der Waals surface area contributed by atoms with Gasteiger partial charge in [0, 0.05) is 37.6 Å². The fraction of sp³-hybridized carbons (Fsp3) is 0.391. The molecule has 2 heterocycles. The van der Waals surface area contributed by atoms with Gasteiger partial charge in [-0.05, 0) is 62.2 Å². The Bertz CT molecular complexity index is 954. The van der Waals surface area contributed by atoms with Crippen molar-refractivity contribution >= 4 is 23.3 Å². The molecule has 6 nitrogen and oxygen atoms in total. The van der Waals surface area contributed by atoms with E-state index in [1.165, 1.54) is 50.9 Å². The van der Waals surface area contributed by atoms with E-state index in [1.807, 2.05) is 0 Å². The number of anilines is 2. The first-order valence-electron chi connectivity index (χ1n) is 10.3. The number of hydrogen-bond acceptors (Lipinski definition) is 4. The molecule has 1 atom stereocenters. The first-order chi connectivity index (χ1) is 14.4. The number of imide groups is 1. The Labute approximate surface area is 176 Å². The van der Waals surface area contributed by atoms with Crippen molar-refractivity contribution in [1.82, 2.24) is 9.80 Å². The third-order valence-corrected chi connectivity index (χ3v) is 6.18. The Morgan fingerprint density at radius 1 is 0.967 bits per heavy atom. The highest BCUT2D eigenvalue weighted by molar-refractivity contribution is 6.14. The summed E-state index contributed by atoms with van der Waals surface area (Å²) in [6.07, 6.45) is 0. The minimum atomic E-state index is -0.598. The van der Waals surface area contributed by atoms with E-state index in [1.54, 1.807) is 6.92 Å². The topological polar surface area (TPSA) is 47.1 Å². The van der Waals surface area contributed by atoms with Crippen molar-refractivity contribution in [2.75, 3.05) is 42.6 Å². The Hall–Kier alpha value is -2.93. The Morgan fingerprint density at radius 2 is 1.63 bits per heavy atom. The lowest BCUT2D eigenvalue weighted by Gasteiger charge is -2.38. The molecule has 0 aliphatic carbocycles. The normalized spacial score (nSPS) is 20.4. The third-order valence-electron chi connectivity index (χ3n) is 6.18. The van der Waals surface area contributed by atoms with Crippen LogP contribution in [0.2, 0.25) is 0 Å². The molecule has 0 bridgehead atoms. The van der Waals surface area contributed by atoms with Crippen LogP contribution in [-0.2, 0) is 4.79 Å². The van der Waals surface area contributed by atoms with Gasteiger partial charge in [-0.2, -0.15) is 0 Å². The zero-order valence-corrected chi connectivity index (χ0v) is 17.6. The molecule has 2 aromatic carbocycles. The first-order valence-corrected chi connectivity index (χ1v) is 10.3. The van der Waals surface area contributed by atoms with Gasteiger partial charge in [0.15, 0.2) is 0 Å². The van der Waals surface area contributed by atoms with Crippen LogP contribution in [0.4, 0.5) is 20.6 Å². The summed E-state index contributed by atoms with van der Waals surface area (Å²) in [6, 6.07) is 11.1. The Morgan fingerprint density at radius 3 is 2.30 bits per heavy atom. The van der Waals surface area contributed by atoms with Gasteiger partial charge in [0.05, 0.1) is 6.67 Å². The third kappa shape index (κ3) is 3.65. The standard InChI is InChI=1S/C23H27FN4O2/c1-16-5-4-6-21(17(16)2)26-13-11-25(12-14-26)15-27-22(29)18(3)28(23(27)30)20-9-7-19(24)8-10-20/h4-10,18H,11-15H2,1-3H3/t18-/m0/s1. The summed E-state index contributed by atoms with van der Waals surface area (Å²) in [5.41, 5.74) is 4.35. The van der Waals surface area contributed by atoms with Crippen LogP contribution >= 0.6 is 0 Å². The molecular weight excluding hydrogens is 383 g/mol. The zero-order chi connectivity index (χ0) is 21.4. The van der Waals surface area contributed by atoms with Crippen LogP contribution in [0.15, 0.2) is 42.5 Å². The number of halogens is 1. The van der Waals surface area contributed by atoms with Crippen LogP contribution in [0.3, 0.4) is 0 Å². The number of benzene rings is 2. The van der Waals surface area contributed by atoms with Gasteiger partial charge in [0.1, 0.15) is 11.9 Å². The van der Waals surface area contributed by atoms with Crippen LogP contribution in [0.5, 0.6) is 0 Å². The van der Waals surface area contributed by atoms with Gasteiger partial charge in [-0.15, -0.1) is 0 Å². The largest absolute Gasteiger partial charge is 0.369 e. The van der Waals surface area contributed by atoms with Crippen LogP contribution < -0.4 is 9.80 Å². The number of amides is 3. The number of piperazine rings is 1. The van der Waals surface area contributed by atoms with E-state index in [9.17, 15) is 14.0 Å². The summed E-state index contributed by atoms with van der Waals surface area (Å²) < 4.78 is 13.2. The molecular formula is C23H27FN4O2. The first kappa shape index (κ1) is 20.3. The summed E-state index contributed by atoms with van der Waals surface area (Å²) in [6.45, 7) is 9.49. The second-order valence-corrected chi connectivity index (χ2v) is 8.04. The number of nitrogens with zero attached hydrogens (tertiary/aromatic N) is 4. The lowest BCUT2D eigenvalue weighted by molar-refractivity contribution is -0.128. The van der Waals surface area contributed by atoms with Gasteiger partial charge in [-0.1, -0.05) is 12.1 Å². The van der Waals surface area contributed by atoms with Gasteiger partial charge in [-0.25, -0.2) is 14.1 Å². The van der Waals surface area contributed by atoms with Gasteiger partial charge in [-0.3, -0.25) is 14.6 Å². The van der Waals surface area contributed by atoms with E-state index < -0.39 is 6.04 Å². The predicted octanol–water partition coefficient (Wildman–Crippen LogP) is 3.38. The number of aryl methyl sites for hydroxylation is 1. The molecule has 2 aliphatic rings. The van der Waals surface area contributed by atoms with Crippen LogP contribution in [0.1, 0.15) is 18.1 Å². The average molecular weight is 410 g/mol. The molecule has 0 radical (unpaired) electrons. The number of carbonyl (C=O) groups excluding carboxylic acids is 2. The minimum Gasteiger partial charge on any atom is -0.369 e. The van der Waals surface area contributed by atoms with E-state index in [0.29, 0.717) is 5.69 Å². The molecule has 0 N–H and O–H groups in total. The zero-order valence-electron chi connectivity index (χ0n) is 17.6. The monoisotopic (exact) mass is 410 g/mol. The van der Waals surface area contributed by atoms with E-state index in [2.05, 4.69) is 41.8 Å². The summed E-state index contributed by atoms with van der Waals surface area (Å²) in [7, 11) is 0. The summed E-state index contributed by atoms with van der Waals surface area (Å²) in [5.74, 6) is -0.593. The molecule has 2 aliphatic heterocycles. The number of carbonyl (C=O) groups is 2. The van der Waals surface area contributed by atoms with Crippen LogP contribution in [0.25, 0.3) is 0 Å². The van der Waals surface area contributed by atoms with E-state index in [-0.39, 0.29) is 24.4 Å².